The van der Waals surface area contributed by atoms with Gasteiger partial charge in [-0.3, -0.25) is 9.78 Å². The lowest BCUT2D eigenvalue weighted by atomic mass is 10.0. The van der Waals surface area contributed by atoms with E-state index in [0.717, 1.165) is 5.39 Å². The summed E-state index contributed by atoms with van der Waals surface area (Å²) in [6.07, 6.45) is 2.87. The lowest BCUT2D eigenvalue weighted by molar-refractivity contribution is -0.149. The van der Waals surface area contributed by atoms with E-state index in [1.165, 1.54) is 4.31 Å². The van der Waals surface area contributed by atoms with Crippen molar-refractivity contribution in [3.63, 3.8) is 0 Å². The van der Waals surface area contributed by atoms with E-state index in [0.29, 0.717) is 31.5 Å². The molecule has 0 spiro atoms. The standard InChI is InChI=1S/C17H20N2O4S/c1-2-23-17(20)14-8-5-11-19(12-14)24(21,22)15-9-3-6-13-7-4-10-18-16(13)15/h3-4,6-7,9-10,14H,2,5,8,11-12H2,1H3/t14-/m1/s1. The number of esters is 1. The van der Waals surface area contributed by atoms with Gasteiger partial charge in [-0.05, 0) is 31.9 Å². The van der Waals surface area contributed by atoms with Gasteiger partial charge in [0, 0.05) is 24.7 Å². The number of carbonyl (C=O) groups is 1. The molecule has 0 unspecified atom stereocenters. The molecule has 0 bridgehead atoms. The summed E-state index contributed by atoms with van der Waals surface area (Å²) in [5, 5.41) is 0.775. The first-order chi connectivity index (χ1) is 11.5. The Kier molecular flexibility index (Phi) is 4.82. The Balaban J connectivity index is 1.93. The highest BCUT2D eigenvalue weighted by Gasteiger charge is 2.34. The summed E-state index contributed by atoms with van der Waals surface area (Å²) in [7, 11) is -3.71. The predicted octanol–water partition coefficient (Wildman–Crippen LogP) is 2.20. The van der Waals surface area contributed by atoms with Crippen molar-refractivity contribution in [2.45, 2.75) is 24.7 Å². The maximum absolute atomic E-state index is 13.1. The quantitative estimate of drug-likeness (QED) is 0.792. The molecule has 1 saturated heterocycles. The smallest absolute Gasteiger partial charge is 0.310 e. The highest BCUT2D eigenvalue weighted by atomic mass is 32.2. The number of rotatable bonds is 4. The first kappa shape index (κ1) is 16.9. The molecule has 128 valence electrons. The Labute approximate surface area is 141 Å². The van der Waals surface area contributed by atoms with E-state index in [-0.39, 0.29) is 17.4 Å². The van der Waals surface area contributed by atoms with Gasteiger partial charge in [-0.1, -0.05) is 18.2 Å². The van der Waals surface area contributed by atoms with Crippen LogP contribution >= 0.6 is 0 Å². The Morgan fingerprint density at radius 3 is 2.92 bits per heavy atom. The molecule has 3 rings (SSSR count). The number of piperidine rings is 1. The summed E-state index contributed by atoms with van der Waals surface area (Å²) in [4.78, 5) is 16.4. The average molecular weight is 348 g/mol. The fraction of sp³-hybridized carbons (Fsp3) is 0.412. The van der Waals surface area contributed by atoms with Crippen molar-refractivity contribution in [2.75, 3.05) is 19.7 Å². The number of benzene rings is 1. The lowest BCUT2D eigenvalue weighted by Gasteiger charge is -2.30. The Morgan fingerprint density at radius 1 is 1.33 bits per heavy atom. The maximum atomic E-state index is 13.1. The van der Waals surface area contributed by atoms with E-state index in [9.17, 15) is 13.2 Å². The van der Waals surface area contributed by atoms with Gasteiger partial charge < -0.3 is 4.74 Å². The monoisotopic (exact) mass is 348 g/mol. The topological polar surface area (TPSA) is 76.6 Å². The van der Waals surface area contributed by atoms with Gasteiger partial charge >= 0.3 is 5.97 Å². The van der Waals surface area contributed by atoms with Crippen molar-refractivity contribution in [3.8, 4) is 0 Å². The number of hydrogen-bond donors (Lipinski definition) is 0. The number of ether oxygens (including phenoxy) is 1. The van der Waals surface area contributed by atoms with Crippen LogP contribution in [-0.4, -0.2) is 43.4 Å². The summed E-state index contributed by atoms with van der Waals surface area (Å²) in [6.45, 7) is 2.61. The number of para-hydroxylation sites is 1. The van der Waals surface area contributed by atoms with Crippen LogP contribution in [0.2, 0.25) is 0 Å². The van der Waals surface area contributed by atoms with E-state index in [1.54, 1.807) is 31.3 Å². The number of pyridine rings is 1. The molecule has 7 heteroatoms. The molecule has 0 saturated carbocycles. The van der Waals surface area contributed by atoms with Crippen molar-refractivity contribution in [1.82, 2.24) is 9.29 Å². The van der Waals surface area contributed by atoms with Crippen LogP contribution in [0.5, 0.6) is 0 Å². The number of nitrogens with zero attached hydrogens (tertiary/aromatic N) is 2. The normalized spacial score (nSPS) is 19.3. The van der Waals surface area contributed by atoms with Gasteiger partial charge in [-0.25, -0.2) is 8.42 Å². The summed E-state index contributed by atoms with van der Waals surface area (Å²) >= 11 is 0. The molecular weight excluding hydrogens is 328 g/mol. The van der Waals surface area contributed by atoms with Crippen molar-refractivity contribution < 1.29 is 17.9 Å². The second kappa shape index (κ2) is 6.86. The van der Waals surface area contributed by atoms with Crippen molar-refractivity contribution in [2.24, 2.45) is 5.92 Å². The minimum atomic E-state index is -3.71. The van der Waals surface area contributed by atoms with Gasteiger partial charge in [0.2, 0.25) is 10.0 Å². The number of aromatic nitrogens is 1. The second-order valence-electron chi connectivity index (χ2n) is 5.79. The molecule has 1 aromatic heterocycles. The maximum Gasteiger partial charge on any atom is 0.310 e. The molecule has 1 aliphatic rings. The molecule has 24 heavy (non-hydrogen) atoms. The van der Waals surface area contributed by atoms with Gasteiger partial charge in [-0.15, -0.1) is 0 Å². The molecule has 0 amide bonds. The van der Waals surface area contributed by atoms with E-state index in [2.05, 4.69) is 4.98 Å². The summed E-state index contributed by atoms with van der Waals surface area (Å²) < 4.78 is 32.5. The van der Waals surface area contributed by atoms with Crippen LogP contribution < -0.4 is 0 Å². The van der Waals surface area contributed by atoms with E-state index >= 15 is 0 Å². The summed E-state index contributed by atoms with van der Waals surface area (Å²) in [5.74, 6) is -0.732. The summed E-state index contributed by atoms with van der Waals surface area (Å²) in [5.41, 5.74) is 0.457. The van der Waals surface area contributed by atoms with Crippen LogP contribution in [-0.2, 0) is 19.6 Å². The number of sulfonamides is 1. The molecule has 1 aromatic carbocycles. The lowest BCUT2D eigenvalue weighted by Crippen LogP contribution is -2.42. The molecule has 1 aliphatic heterocycles. The molecule has 1 atom stereocenters. The molecular formula is C17H20N2O4S. The third-order valence-electron chi connectivity index (χ3n) is 4.22. The van der Waals surface area contributed by atoms with Gasteiger partial charge in [0.1, 0.15) is 4.90 Å². The zero-order valence-corrected chi connectivity index (χ0v) is 14.3. The van der Waals surface area contributed by atoms with Crippen LogP contribution in [0.4, 0.5) is 0 Å². The Morgan fingerprint density at radius 2 is 2.12 bits per heavy atom. The third-order valence-corrected chi connectivity index (χ3v) is 6.11. The third kappa shape index (κ3) is 3.14. The molecule has 6 nitrogen and oxygen atoms in total. The SMILES string of the molecule is CCOC(=O)[C@@H]1CCCN(S(=O)(=O)c2cccc3cccnc23)C1. The van der Waals surface area contributed by atoms with Crippen LogP contribution in [0.3, 0.4) is 0 Å². The van der Waals surface area contributed by atoms with Gasteiger partial charge in [0.05, 0.1) is 18.0 Å². The van der Waals surface area contributed by atoms with Crippen LogP contribution in [0, 0.1) is 5.92 Å². The fourth-order valence-electron chi connectivity index (χ4n) is 3.04. The average Bonchev–Trinajstić information content (AvgIpc) is 2.61. The molecule has 2 heterocycles. The zero-order chi connectivity index (χ0) is 17.2. The van der Waals surface area contributed by atoms with E-state index < -0.39 is 15.9 Å². The zero-order valence-electron chi connectivity index (χ0n) is 13.5. The fourth-order valence-corrected chi connectivity index (χ4v) is 4.73. The molecule has 0 aliphatic carbocycles. The first-order valence-electron chi connectivity index (χ1n) is 8.04. The number of carbonyl (C=O) groups excluding carboxylic acids is 1. The van der Waals surface area contributed by atoms with Gasteiger partial charge in [0.15, 0.2) is 0 Å². The van der Waals surface area contributed by atoms with Crippen LogP contribution in [0.1, 0.15) is 19.8 Å². The molecule has 2 aromatic rings. The number of fused-ring (bicyclic) bond motifs is 1. The minimum Gasteiger partial charge on any atom is -0.466 e. The van der Waals surface area contributed by atoms with Crippen molar-refractivity contribution in [3.05, 3.63) is 36.5 Å². The van der Waals surface area contributed by atoms with Crippen molar-refractivity contribution >= 4 is 26.9 Å². The molecule has 1 fully saturated rings. The van der Waals surface area contributed by atoms with Gasteiger partial charge in [-0.2, -0.15) is 4.31 Å². The first-order valence-corrected chi connectivity index (χ1v) is 9.48. The number of hydrogen-bond acceptors (Lipinski definition) is 5. The Hall–Kier alpha value is -1.99. The van der Waals surface area contributed by atoms with E-state index in [4.69, 9.17) is 4.74 Å². The molecule has 0 N–H and O–H groups in total. The second-order valence-corrected chi connectivity index (χ2v) is 7.69. The minimum absolute atomic E-state index is 0.157. The van der Waals surface area contributed by atoms with E-state index in [1.807, 2.05) is 12.1 Å². The summed E-state index contributed by atoms with van der Waals surface area (Å²) in [6, 6.07) is 8.72. The van der Waals surface area contributed by atoms with Crippen LogP contribution in [0.15, 0.2) is 41.4 Å². The molecule has 0 radical (unpaired) electrons. The van der Waals surface area contributed by atoms with Gasteiger partial charge in [0.25, 0.3) is 0 Å². The highest BCUT2D eigenvalue weighted by molar-refractivity contribution is 7.89. The Bertz CT molecular complexity index is 845. The predicted molar refractivity (Wildman–Crippen MR) is 89.9 cm³/mol. The largest absolute Gasteiger partial charge is 0.466 e. The van der Waals surface area contributed by atoms with Crippen molar-refractivity contribution in [1.29, 1.82) is 0 Å². The highest BCUT2D eigenvalue weighted by Crippen LogP contribution is 2.28. The van der Waals surface area contributed by atoms with Crippen LogP contribution in [0.25, 0.3) is 10.9 Å².